The summed E-state index contributed by atoms with van der Waals surface area (Å²) in [4.78, 5) is 20.4. The normalized spacial score (nSPS) is 17.5. The Morgan fingerprint density at radius 2 is 1.53 bits per heavy atom. The van der Waals surface area contributed by atoms with Gasteiger partial charge in [-0.05, 0) is 114 Å². The Morgan fingerprint density at radius 3 is 1.96 bits per heavy atom. The van der Waals surface area contributed by atoms with E-state index in [1.807, 2.05) is 60.7 Å². The molecule has 0 spiro atoms. The van der Waals surface area contributed by atoms with Gasteiger partial charge in [0, 0.05) is 55.4 Å². The number of likely N-dealkylation sites (N-methyl/N-ethyl adjacent to an activating group) is 2. The number of anilines is 2. The van der Waals surface area contributed by atoms with Crippen molar-refractivity contribution in [2.45, 2.75) is 141 Å². The average molecular weight is 762 g/mol. The fourth-order valence-electron chi connectivity index (χ4n) is 5.48. The lowest BCUT2D eigenvalue weighted by molar-refractivity contribution is -0.104. The van der Waals surface area contributed by atoms with Crippen LogP contribution in [0.2, 0.25) is 0 Å². The second kappa shape index (κ2) is 38.8. The topological polar surface area (TPSA) is 60.0 Å². The summed E-state index contributed by atoms with van der Waals surface area (Å²) in [7, 11) is 4.06. The highest BCUT2D eigenvalue weighted by Crippen LogP contribution is 2.36. The summed E-state index contributed by atoms with van der Waals surface area (Å²) in [5.41, 5.74) is 8.25. The number of aldehydes is 1. The van der Waals surface area contributed by atoms with Crippen molar-refractivity contribution in [2.24, 2.45) is 10.9 Å². The molecule has 314 valence electrons. The first kappa shape index (κ1) is 55.9. The van der Waals surface area contributed by atoms with Gasteiger partial charge in [-0.2, -0.15) is 0 Å². The Balaban J connectivity index is -0.000000789. The van der Waals surface area contributed by atoms with Crippen LogP contribution in [0.1, 0.15) is 141 Å². The number of rotatable bonds is 14. The smallest absolute Gasteiger partial charge is 0.151 e. The molecule has 1 saturated heterocycles. The van der Waals surface area contributed by atoms with E-state index in [1.165, 1.54) is 49.8 Å². The molecule has 1 aromatic rings. The van der Waals surface area contributed by atoms with Gasteiger partial charge in [0.2, 0.25) is 0 Å². The summed E-state index contributed by atoms with van der Waals surface area (Å²) < 4.78 is 0. The zero-order valence-electron chi connectivity index (χ0n) is 38.6. The maximum absolute atomic E-state index is 11.1. The molecule has 2 aliphatic rings. The first-order valence-electron chi connectivity index (χ1n) is 21.6. The molecule has 6 nitrogen and oxygen atoms in total. The van der Waals surface area contributed by atoms with Gasteiger partial charge in [0.25, 0.3) is 0 Å². The maximum atomic E-state index is 11.1. The molecule has 6 heteroatoms. The van der Waals surface area contributed by atoms with Crippen molar-refractivity contribution in [3.05, 3.63) is 95.4 Å². The molecule has 2 fully saturated rings. The van der Waals surface area contributed by atoms with E-state index in [2.05, 4.69) is 130 Å². The summed E-state index contributed by atoms with van der Waals surface area (Å²) in [6.45, 7) is 35.9. The minimum atomic E-state index is 0.610. The lowest BCUT2D eigenvalue weighted by Crippen LogP contribution is -2.44. The molecule has 1 aromatic carbocycles. The Bertz CT molecular complexity index is 1270. The van der Waals surface area contributed by atoms with Crippen molar-refractivity contribution in [3.8, 4) is 0 Å². The number of benzene rings is 1. The van der Waals surface area contributed by atoms with E-state index in [0.717, 1.165) is 69.3 Å². The molecule has 0 radical (unpaired) electrons. The number of aliphatic imine (C=N–C) groups is 1. The van der Waals surface area contributed by atoms with Gasteiger partial charge in [-0.1, -0.05) is 124 Å². The predicted octanol–water partition coefficient (Wildman–Crippen LogP) is 13.4. The van der Waals surface area contributed by atoms with Crippen LogP contribution in [-0.4, -0.2) is 63.7 Å². The van der Waals surface area contributed by atoms with Gasteiger partial charge in [0.05, 0.1) is 0 Å². The van der Waals surface area contributed by atoms with Crippen LogP contribution in [0, 0.1) is 5.92 Å². The fourth-order valence-corrected chi connectivity index (χ4v) is 5.48. The minimum absolute atomic E-state index is 0.610. The average Bonchev–Trinajstić information content (AvgIpc) is 3.56. The van der Waals surface area contributed by atoms with E-state index in [0.29, 0.717) is 11.3 Å². The Hall–Kier alpha value is -3.48. The van der Waals surface area contributed by atoms with E-state index in [1.54, 1.807) is 17.2 Å². The van der Waals surface area contributed by atoms with Crippen LogP contribution in [0.4, 0.5) is 11.4 Å². The number of hydrogen-bond donors (Lipinski definition) is 2. The van der Waals surface area contributed by atoms with Crippen LogP contribution in [0.25, 0.3) is 0 Å². The van der Waals surface area contributed by atoms with Crippen molar-refractivity contribution in [1.29, 1.82) is 0 Å². The number of allylic oxidation sites excluding steroid dienone is 9. The number of hydrogen-bond acceptors (Lipinski definition) is 6. The van der Waals surface area contributed by atoms with Gasteiger partial charge in [-0.15, -0.1) is 6.58 Å². The van der Waals surface area contributed by atoms with Crippen LogP contribution in [0.3, 0.4) is 0 Å². The van der Waals surface area contributed by atoms with Crippen LogP contribution in [-0.2, 0) is 4.79 Å². The molecule has 0 bridgehead atoms. The molecule has 1 aliphatic carbocycles. The Labute approximate surface area is 342 Å². The second-order valence-electron chi connectivity index (χ2n) is 13.3. The lowest BCUT2D eigenvalue weighted by Gasteiger charge is -2.34. The van der Waals surface area contributed by atoms with E-state index in [-0.39, 0.29) is 0 Å². The molecule has 2 N–H and O–H groups in total. The van der Waals surface area contributed by atoms with E-state index in [4.69, 9.17) is 0 Å². The molecular weight excluding hydrogens is 675 g/mol. The van der Waals surface area contributed by atoms with E-state index < -0.39 is 0 Å². The number of unbranched alkanes of at least 4 members (excludes halogenated alkanes) is 1. The molecule has 3 rings (SSSR count). The first-order chi connectivity index (χ1) is 26.6. The minimum Gasteiger partial charge on any atom is -0.369 e. The largest absolute Gasteiger partial charge is 0.369 e. The highest BCUT2D eigenvalue weighted by atomic mass is 16.1. The molecule has 1 heterocycles. The van der Waals surface area contributed by atoms with E-state index >= 15 is 0 Å². The zero-order valence-corrected chi connectivity index (χ0v) is 38.6. The van der Waals surface area contributed by atoms with Gasteiger partial charge >= 0.3 is 0 Å². The van der Waals surface area contributed by atoms with Gasteiger partial charge in [0.15, 0.2) is 6.29 Å². The van der Waals surface area contributed by atoms with Crippen LogP contribution < -0.4 is 15.5 Å². The molecule has 1 saturated carbocycles. The summed E-state index contributed by atoms with van der Waals surface area (Å²) in [5, 5.41) is 6.25. The van der Waals surface area contributed by atoms with Crippen molar-refractivity contribution < 1.29 is 4.79 Å². The predicted molar refractivity (Wildman–Crippen MR) is 252 cm³/mol. The van der Waals surface area contributed by atoms with Gasteiger partial charge in [-0.3, -0.25) is 4.79 Å². The number of nitrogens with one attached hydrogen (secondary N) is 2. The maximum Gasteiger partial charge on any atom is 0.151 e. The first-order valence-corrected chi connectivity index (χ1v) is 21.6. The molecule has 0 amide bonds. The zero-order chi connectivity index (χ0) is 42.4. The summed E-state index contributed by atoms with van der Waals surface area (Å²) in [5.74, 6) is 1.53. The third kappa shape index (κ3) is 26.9. The quantitative estimate of drug-likeness (QED) is 0.0856. The van der Waals surface area contributed by atoms with Crippen LogP contribution in [0.5, 0.6) is 0 Å². The number of carbonyl (C=O) groups excluding carboxylic acids is 1. The summed E-state index contributed by atoms with van der Waals surface area (Å²) >= 11 is 0. The Morgan fingerprint density at radius 1 is 0.927 bits per heavy atom. The molecule has 55 heavy (non-hydrogen) atoms. The lowest BCUT2D eigenvalue weighted by atomic mass is 10.0. The number of nitrogens with zero attached hydrogens (tertiary/aromatic N) is 3. The van der Waals surface area contributed by atoms with E-state index in [9.17, 15) is 4.79 Å². The van der Waals surface area contributed by atoms with Crippen LogP contribution >= 0.6 is 0 Å². The highest BCUT2D eigenvalue weighted by molar-refractivity contribution is 6.13. The third-order valence-corrected chi connectivity index (χ3v) is 8.78. The standard InChI is InChI=1S/C21H30N4O.C16H26.C4H9N.C4H10.2C2H6/c1-5-7-21(22-17(3)18(6-2)16-26)23-19-8-10-20(11-9-19)25-14-12-24(4)13-15-25;1-5-7-13(3)9-11-15-12-10-14(4)16(15)8-6-2;1-3-4-5-2;1-3-4-2;2*1-2/h6-11,16,23H,5,12-15H2,1-4H3;8-9,11,14H,5-7,10,12H2,1-4H3;3,5H,1,4H2,2H3;3-4H2,1-2H3;2*1-2H3/b18-6-,21-7-,22-17-;13-9+,15-11-,16-8-;;;;. The van der Waals surface area contributed by atoms with Crippen molar-refractivity contribution in [2.75, 3.05) is 57.0 Å². The summed E-state index contributed by atoms with van der Waals surface area (Å²) in [6, 6.07) is 8.46. The molecule has 1 aliphatic heterocycles. The SMILES string of the molecule is C=CCNC.CC.CC.CCCC.CC\C=C1/C(=C\C=C(/C)CCC)CCC1C.C\C=C(C=O)/C(C)=N\C(=C\CC)Nc1ccc(N2CCN(C)CC2)cc1. The number of carbonyl (C=O) groups is 1. The fraction of sp³-hybridized carbons (Fsp3) is 0.592. The monoisotopic (exact) mass is 762 g/mol. The highest BCUT2D eigenvalue weighted by Gasteiger charge is 2.20. The van der Waals surface area contributed by atoms with Crippen LogP contribution in [0.15, 0.2) is 100 Å². The third-order valence-electron chi connectivity index (χ3n) is 8.78. The van der Waals surface area contributed by atoms with Crippen molar-refractivity contribution >= 4 is 23.4 Å². The molecule has 0 aromatic heterocycles. The molecule has 1 atom stereocenters. The molecular formula is C49H87N5O. The van der Waals surface area contributed by atoms with Gasteiger partial charge < -0.3 is 20.4 Å². The summed E-state index contributed by atoms with van der Waals surface area (Å²) in [6.07, 6.45) is 23.3. The molecule has 1 unspecified atom stereocenters. The van der Waals surface area contributed by atoms with Crippen molar-refractivity contribution in [3.63, 3.8) is 0 Å². The Kier molecular flexibility index (Phi) is 39.4. The number of piperazine rings is 1. The second-order valence-corrected chi connectivity index (χ2v) is 13.3. The van der Waals surface area contributed by atoms with Crippen molar-refractivity contribution in [1.82, 2.24) is 10.2 Å². The van der Waals surface area contributed by atoms with Gasteiger partial charge in [-0.25, -0.2) is 4.99 Å². The van der Waals surface area contributed by atoms with Gasteiger partial charge in [0.1, 0.15) is 5.82 Å².